The molecule has 2 aromatic carbocycles. The van der Waals surface area contributed by atoms with Crippen molar-refractivity contribution in [1.82, 2.24) is 0 Å². The van der Waals surface area contributed by atoms with Gasteiger partial charge in [0.25, 0.3) is 0 Å². The number of hydrogen-bond acceptors (Lipinski definition) is 4. The van der Waals surface area contributed by atoms with Gasteiger partial charge in [0.05, 0.1) is 0 Å². The van der Waals surface area contributed by atoms with Crippen molar-refractivity contribution in [2.75, 3.05) is 5.75 Å². The summed E-state index contributed by atoms with van der Waals surface area (Å²) in [4.78, 5) is 13.7. The van der Waals surface area contributed by atoms with Crippen molar-refractivity contribution in [2.24, 2.45) is 0 Å². The van der Waals surface area contributed by atoms with Crippen LogP contribution in [-0.2, 0) is 44.7 Å². The summed E-state index contributed by atoms with van der Waals surface area (Å²) >= 11 is 4.57. The summed E-state index contributed by atoms with van der Waals surface area (Å²) in [6, 6.07) is 3.86. The maximum absolute atomic E-state index is 13.7. The lowest BCUT2D eigenvalue weighted by Gasteiger charge is -2.39. The lowest BCUT2D eigenvalue weighted by molar-refractivity contribution is -0.141. The van der Waals surface area contributed by atoms with Crippen molar-refractivity contribution in [3.05, 3.63) is 56.6 Å². The molecule has 0 aromatic heterocycles. The molecule has 224 valence electrons. The van der Waals surface area contributed by atoms with Gasteiger partial charge in [-0.1, -0.05) is 90.0 Å². The number of phenols is 2. The first-order valence-electron chi connectivity index (χ1n) is 14.5. The molecule has 0 aliphatic carbocycles. The molecule has 1 atom stereocenters. The standard InChI is InChI=1S/C35H54O4S/c1-15-20-22(18-24(31(2,3)4)28(36)26(20)33(8,9)10)35(14,30(38)39)23-19-25(32(5,6)7)29(37)27(34(11,12)13)21(23)16-17-40/h18-19,36-37,40H,15-17H2,1-14H3,(H,38,39). The van der Waals surface area contributed by atoms with Crippen molar-refractivity contribution in [1.29, 1.82) is 0 Å². The Morgan fingerprint density at radius 2 is 1.00 bits per heavy atom. The topological polar surface area (TPSA) is 77.8 Å². The molecule has 3 N–H and O–H groups in total. The van der Waals surface area contributed by atoms with Crippen LogP contribution < -0.4 is 0 Å². The molecule has 0 heterocycles. The molecule has 0 bridgehead atoms. The van der Waals surface area contributed by atoms with Crippen LogP contribution in [0.4, 0.5) is 0 Å². The van der Waals surface area contributed by atoms with E-state index < -0.39 is 33.0 Å². The average molecular weight is 571 g/mol. The van der Waals surface area contributed by atoms with Gasteiger partial charge in [-0.05, 0) is 92.7 Å². The van der Waals surface area contributed by atoms with Crippen LogP contribution >= 0.6 is 12.6 Å². The number of aliphatic carboxylic acids is 1. The van der Waals surface area contributed by atoms with Crippen LogP contribution in [0.25, 0.3) is 0 Å². The van der Waals surface area contributed by atoms with Gasteiger partial charge in [-0.15, -0.1) is 0 Å². The Hall–Kier alpha value is -2.14. The molecular weight excluding hydrogens is 516 g/mol. The van der Waals surface area contributed by atoms with E-state index in [1.807, 2.05) is 60.6 Å². The van der Waals surface area contributed by atoms with E-state index >= 15 is 0 Å². The van der Waals surface area contributed by atoms with Gasteiger partial charge in [0.15, 0.2) is 0 Å². The molecule has 0 saturated carbocycles. The van der Waals surface area contributed by atoms with Crippen LogP contribution in [-0.4, -0.2) is 27.0 Å². The Morgan fingerprint density at radius 3 is 1.27 bits per heavy atom. The lowest BCUT2D eigenvalue weighted by Crippen LogP contribution is -2.38. The van der Waals surface area contributed by atoms with Crippen LogP contribution in [0.3, 0.4) is 0 Å². The SMILES string of the molecule is CCc1c(C(C)(C(=O)O)c2cc(C(C)(C)C)c(O)c(C(C)(C)C)c2CCS)cc(C(C)(C)C)c(O)c1C(C)(C)C. The lowest BCUT2D eigenvalue weighted by atomic mass is 9.64. The van der Waals surface area contributed by atoms with E-state index in [4.69, 9.17) is 0 Å². The van der Waals surface area contributed by atoms with Crippen LogP contribution in [0, 0.1) is 0 Å². The molecule has 40 heavy (non-hydrogen) atoms. The van der Waals surface area contributed by atoms with E-state index in [0.29, 0.717) is 29.7 Å². The van der Waals surface area contributed by atoms with E-state index in [0.717, 1.165) is 33.4 Å². The molecule has 2 rings (SSSR count). The highest BCUT2D eigenvalue weighted by molar-refractivity contribution is 7.80. The molecule has 4 nitrogen and oxygen atoms in total. The van der Waals surface area contributed by atoms with Crippen LogP contribution in [0.5, 0.6) is 11.5 Å². The fraction of sp³-hybridized carbons (Fsp3) is 0.629. The third-order valence-electron chi connectivity index (χ3n) is 8.15. The summed E-state index contributed by atoms with van der Waals surface area (Å²) in [6.07, 6.45) is 1.09. The molecule has 0 fully saturated rings. The molecule has 0 saturated heterocycles. The quantitative estimate of drug-likeness (QED) is 0.262. The fourth-order valence-corrected chi connectivity index (χ4v) is 6.41. The first kappa shape index (κ1) is 34.1. The van der Waals surface area contributed by atoms with E-state index in [2.05, 4.69) is 54.2 Å². The van der Waals surface area contributed by atoms with E-state index in [1.165, 1.54) is 0 Å². The van der Waals surface area contributed by atoms with E-state index in [9.17, 15) is 20.1 Å². The maximum atomic E-state index is 13.7. The highest BCUT2D eigenvalue weighted by Gasteiger charge is 2.45. The second kappa shape index (κ2) is 10.9. The Labute approximate surface area is 249 Å². The number of carbonyl (C=O) groups is 1. The van der Waals surface area contributed by atoms with Crippen molar-refractivity contribution in [3.63, 3.8) is 0 Å². The number of benzene rings is 2. The predicted molar refractivity (Wildman–Crippen MR) is 172 cm³/mol. The van der Waals surface area contributed by atoms with Crippen molar-refractivity contribution >= 4 is 18.6 Å². The van der Waals surface area contributed by atoms with Crippen LogP contribution in [0.15, 0.2) is 12.1 Å². The maximum Gasteiger partial charge on any atom is 0.318 e. The number of carboxylic acid groups (broad SMARTS) is 1. The Morgan fingerprint density at radius 1 is 0.650 bits per heavy atom. The zero-order valence-electron chi connectivity index (χ0n) is 27.5. The largest absolute Gasteiger partial charge is 0.507 e. The molecule has 0 aliphatic heterocycles. The molecule has 2 aromatic rings. The minimum Gasteiger partial charge on any atom is -0.507 e. The van der Waals surface area contributed by atoms with Gasteiger partial charge in [-0.2, -0.15) is 12.6 Å². The van der Waals surface area contributed by atoms with Crippen LogP contribution in [0.1, 0.15) is 141 Å². The second-order valence-corrected chi connectivity index (χ2v) is 16.1. The van der Waals surface area contributed by atoms with Crippen molar-refractivity contribution < 1.29 is 20.1 Å². The van der Waals surface area contributed by atoms with Crippen molar-refractivity contribution in [3.8, 4) is 11.5 Å². The van der Waals surface area contributed by atoms with Crippen LogP contribution in [0.2, 0.25) is 0 Å². The highest BCUT2D eigenvalue weighted by Crippen LogP contribution is 2.51. The summed E-state index contributed by atoms with van der Waals surface area (Å²) in [5, 5.41) is 34.6. The number of rotatable bonds is 6. The summed E-state index contributed by atoms with van der Waals surface area (Å²) in [6.45, 7) is 28.5. The van der Waals surface area contributed by atoms with Gasteiger partial charge in [-0.25, -0.2) is 0 Å². The normalized spacial score (nSPS) is 14.8. The van der Waals surface area contributed by atoms with Crippen molar-refractivity contribution in [2.45, 2.75) is 137 Å². The molecular formula is C35H54O4S. The third-order valence-corrected chi connectivity index (χ3v) is 8.38. The third kappa shape index (κ3) is 6.05. The molecule has 0 spiro atoms. The molecule has 0 radical (unpaired) electrons. The first-order chi connectivity index (χ1) is 17.9. The number of hydrogen-bond donors (Lipinski definition) is 4. The number of phenolic OH excluding ortho intramolecular Hbond substituents is 2. The molecule has 5 heteroatoms. The monoisotopic (exact) mass is 570 g/mol. The minimum atomic E-state index is -1.45. The number of thiol groups is 1. The average Bonchev–Trinajstić information content (AvgIpc) is 2.74. The summed E-state index contributed by atoms with van der Waals surface area (Å²) < 4.78 is 0. The Bertz CT molecular complexity index is 1280. The highest BCUT2D eigenvalue weighted by atomic mass is 32.1. The van der Waals surface area contributed by atoms with Gasteiger partial charge in [0.1, 0.15) is 16.9 Å². The van der Waals surface area contributed by atoms with Gasteiger partial charge in [0.2, 0.25) is 0 Å². The van der Waals surface area contributed by atoms with E-state index in [1.54, 1.807) is 6.92 Å². The fourth-order valence-electron chi connectivity index (χ4n) is 6.19. The number of carboxylic acids is 1. The molecule has 0 aliphatic rings. The predicted octanol–water partition coefficient (Wildman–Crippen LogP) is 8.71. The second-order valence-electron chi connectivity index (χ2n) is 15.6. The Kier molecular flexibility index (Phi) is 9.31. The summed E-state index contributed by atoms with van der Waals surface area (Å²) in [5.41, 5.74) is 2.97. The molecule has 1 unspecified atom stereocenters. The van der Waals surface area contributed by atoms with Gasteiger partial charge in [0, 0.05) is 11.1 Å². The zero-order chi connectivity index (χ0) is 31.4. The zero-order valence-corrected chi connectivity index (χ0v) is 28.4. The smallest absolute Gasteiger partial charge is 0.318 e. The van der Waals surface area contributed by atoms with Gasteiger partial charge in [-0.3, -0.25) is 4.79 Å². The van der Waals surface area contributed by atoms with E-state index in [-0.39, 0.29) is 11.5 Å². The minimum absolute atomic E-state index is 0.237. The Balaban J connectivity index is 3.41. The van der Waals surface area contributed by atoms with Gasteiger partial charge < -0.3 is 15.3 Å². The molecule has 0 amide bonds. The summed E-state index contributed by atoms with van der Waals surface area (Å²) in [7, 11) is 0. The summed E-state index contributed by atoms with van der Waals surface area (Å²) in [5.74, 6) is 0.0378. The van der Waals surface area contributed by atoms with Gasteiger partial charge >= 0.3 is 5.97 Å². The number of aromatic hydroxyl groups is 2. The first-order valence-corrected chi connectivity index (χ1v) is 15.1.